The van der Waals surface area contributed by atoms with E-state index in [0.717, 1.165) is 11.4 Å². The number of hydrogen-bond acceptors (Lipinski definition) is 3. The highest BCUT2D eigenvalue weighted by Crippen LogP contribution is 2.22. The summed E-state index contributed by atoms with van der Waals surface area (Å²) in [5.41, 5.74) is 2.11. The number of benzene rings is 1. The van der Waals surface area contributed by atoms with Crippen LogP contribution in [0.3, 0.4) is 0 Å². The van der Waals surface area contributed by atoms with Gasteiger partial charge in [0.15, 0.2) is 5.88 Å². The molecular weight excluding hydrogens is 230 g/mol. The van der Waals surface area contributed by atoms with E-state index >= 15 is 0 Å². The second-order valence-electron chi connectivity index (χ2n) is 3.94. The molecule has 0 unspecified atom stereocenters. The van der Waals surface area contributed by atoms with E-state index in [1.165, 1.54) is 0 Å². The SMILES string of the molecule is CCOC(=O)c1cccc(-n2c(C)ccc2O)c1. The molecule has 0 saturated carbocycles. The van der Waals surface area contributed by atoms with Crippen molar-refractivity contribution in [2.45, 2.75) is 13.8 Å². The van der Waals surface area contributed by atoms with Crippen molar-refractivity contribution in [3.63, 3.8) is 0 Å². The first-order chi connectivity index (χ1) is 8.63. The van der Waals surface area contributed by atoms with Crippen molar-refractivity contribution in [3.8, 4) is 11.6 Å². The van der Waals surface area contributed by atoms with Gasteiger partial charge in [0.2, 0.25) is 0 Å². The zero-order chi connectivity index (χ0) is 13.1. The second-order valence-corrected chi connectivity index (χ2v) is 3.94. The molecule has 0 aliphatic rings. The Hall–Kier alpha value is -2.23. The average Bonchev–Trinajstić information content (AvgIpc) is 2.69. The second kappa shape index (κ2) is 4.96. The van der Waals surface area contributed by atoms with Crippen LogP contribution in [-0.4, -0.2) is 22.2 Å². The summed E-state index contributed by atoms with van der Waals surface area (Å²) in [7, 11) is 0. The molecule has 0 fully saturated rings. The average molecular weight is 245 g/mol. The van der Waals surface area contributed by atoms with Gasteiger partial charge < -0.3 is 9.84 Å². The molecule has 0 radical (unpaired) electrons. The van der Waals surface area contributed by atoms with E-state index in [-0.39, 0.29) is 11.8 Å². The summed E-state index contributed by atoms with van der Waals surface area (Å²) >= 11 is 0. The van der Waals surface area contributed by atoms with E-state index in [1.807, 2.05) is 19.1 Å². The third-order valence-corrected chi connectivity index (χ3v) is 2.67. The molecule has 1 heterocycles. The number of ether oxygens (including phenoxy) is 1. The predicted molar refractivity (Wildman–Crippen MR) is 68.1 cm³/mol. The number of esters is 1. The molecule has 0 aliphatic heterocycles. The first-order valence-corrected chi connectivity index (χ1v) is 5.78. The molecule has 18 heavy (non-hydrogen) atoms. The van der Waals surface area contributed by atoms with Crippen molar-refractivity contribution in [1.82, 2.24) is 4.57 Å². The van der Waals surface area contributed by atoms with Crippen LogP contribution in [0.2, 0.25) is 0 Å². The summed E-state index contributed by atoms with van der Waals surface area (Å²) in [4.78, 5) is 11.6. The first-order valence-electron chi connectivity index (χ1n) is 5.78. The van der Waals surface area contributed by atoms with Crippen LogP contribution >= 0.6 is 0 Å². The van der Waals surface area contributed by atoms with Crippen molar-refractivity contribution < 1.29 is 14.6 Å². The molecule has 4 nitrogen and oxygen atoms in total. The van der Waals surface area contributed by atoms with E-state index in [2.05, 4.69) is 0 Å². The van der Waals surface area contributed by atoms with Gasteiger partial charge in [-0.25, -0.2) is 4.79 Å². The highest BCUT2D eigenvalue weighted by atomic mass is 16.5. The van der Waals surface area contributed by atoms with Crippen molar-refractivity contribution in [2.24, 2.45) is 0 Å². The molecule has 1 N–H and O–H groups in total. The zero-order valence-corrected chi connectivity index (χ0v) is 10.4. The molecular formula is C14H15NO3. The van der Waals surface area contributed by atoms with E-state index < -0.39 is 0 Å². The fraction of sp³-hybridized carbons (Fsp3) is 0.214. The standard InChI is InChI=1S/C14H15NO3/c1-3-18-14(17)11-5-4-6-12(9-11)15-10(2)7-8-13(15)16/h4-9,16H,3H2,1-2H3. The number of carbonyl (C=O) groups is 1. The molecule has 1 aromatic carbocycles. The summed E-state index contributed by atoms with van der Waals surface area (Å²) < 4.78 is 6.62. The quantitative estimate of drug-likeness (QED) is 0.846. The molecule has 0 bridgehead atoms. The minimum absolute atomic E-state index is 0.147. The summed E-state index contributed by atoms with van der Waals surface area (Å²) in [5, 5.41) is 9.76. The lowest BCUT2D eigenvalue weighted by atomic mass is 10.2. The number of aromatic nitrogens is 1. The van der Waals surface area contributed by atoms with Crippen LogP contribution in [0.4, 0.5) is 0 Å². The Morgan fingerprint density at radius 2 is 2.11 bits per heavy atom. The Morgan fingerprint density at radius 3 is 2.72 bits per heavy atom. The molecule has 94 valence electrons. The number of aryl methyl sites for hydroxylation is 1. The predicted octanol–water partition coefficient (Wildman–Crippen LogP) is 2.67. The van der Waals surface area contributed by atoms with Gasteiger partial charge >= 0.3 is 5.97 Å². The number of aromatic hydroxyl groups is 1. The van der Waals surface area contributed by atoms with Gasteiger partial charge in [0.05, 0.1) is 12.2 Å². The lowest BCUT2D eigenvalue weighted by Crippen LogP contribution is -2.05. The molecule has 0 spiro atoms. The van der Waals surface area contributed by atoms with Crippen molar-refractivity contribution >= 4 is 5.97 Å². The minimum Gasteiger partial charge on any atom is -0.494 e. The van der Waals surface area contributed by atoms with E-state index in [1.54, 1.807) is 35.8 Å². The number of rotatable bonds is 3. The Bertz CT molecular complexity index is 553. The zero-order valence-electron chi connectivity index (χ0n) is 10.4. The third-order valence-electron chi connectivity index (χ3n) is 2.67. The first kappa shape index (κ1) is 12.2. The minimum atomic E-state index is -0.358. The molecule has 1 aromatic heterocycles. The van der Waals surface area contributed by atoms with Gasteiger partial charge in [-0.05, 0) is 38.1 Å². The summed E-state index contributed by atoms with van der Waals surface area (Å²) in [6, 6.07) is 10.4. The van der Waals surface area contributed by atoms with Crippen LogP contribution in [0, 0.1) is 6.92 Å². The van der Waals surface area contributed by atoms with Crippen LogP contribution in [0.5, 0.6) is 5.88 Å². The third kappa shape index (κ3) is 2.22. The maximum absolute atomic E-state index is 11.6. The monoisotopic (exact) mass is 245 g/mol. The van der Waals surface area contributed by atoms with Gasteiger partial charge in [0, 0.05) is 17.4 Å². The Labute approximate surface area is 105 Å². The van der Waals surface area contributed by atoms with Crippen LogP contribution in [0.15, 0.2) is 36.4 Å². The van der Waals surface area contributed by atoms with E-state index in [9.17, 15) is 9.90 Å². The molecule has 0 amide bonds. The summed E-state index contributed by atoms with van der Waals surface area (Å²) in [6.07, 6.45) is 0. The fourth-order valence-corrected chi connectivity index (χ4v) is 1.85. The van der Waals surface area contributed by atoms with Gasteiger partial charge in [-0.1, -0.05) is 6.07 Å². The topological polar surface area (TPSA) is 51.5 Å². The normalized spacial score (nSPS) is 10.3. The Morgan fingerprint density at radius 1 is 1.33 bits per heavy atom. The van der Waals surface area contributed by atoms with E-state index in [0.29, 0.717) is 12.2 Å². The number of hydrogen-bond donors (Lipinski definition) is 1. The van der Waals surface area contributed by atoms with Crippen LogP contribution in [-0.2, 0) is 4.74 Å². The van der Waals surface area contributed by atoms with Crippen LogP contribution in [0.1, 0.15) is 23.0 Å². The van der Waals surface area contributed by atoms with Gasteiger partial charge in [0.25, 0.3) is 0 Å². The molecule has 0 aliphatic carbocycles. The number of carbonyl (C=O) groups excluding carboxylic acids is 1. The smallest absolute Gasteiger partial charge is 0.338 e. The molecule has 2 rings (SSSR count). The van der Waals surface area contributed by atoms with Gasteiger partial charge in [-0.15, -0.1) is 0 Å². The lowest BCUT2D eigenvalue weighted by Gasteiger charge is -2.09. The summed E-state index contributed by atoms with van der Waals surface area (Å²) in [6.45, 7) is 4.00. The number of nitrogens with zero attached hydrogens (tertiary/aromatic N) is 1. The van der Waals surface area contributed by atoms with E-state index in [4.69, 9.17) is 4.74 Å². The van der Waals surface area contributed by atoms with Gasteiger partial charge in [0.1, 0.15) is 0 Å². The molecule has 4 heteroatoms. The molecule has 0 atom stereocenters. The molecule has 0 saturated heterocycles. The van der Waals surface area contributed by atoms with Crippen LogP contribution < -0.4 is 0 Å². The molecule has 2 aromatic rings. The van der Waals surface area contributed by atoms with Gasteiger partial charge in [-0.2, -0.15) is 0 Å². The van der Waals surface area contributed by atoms with Gasteiger partial charge in [-0.3, -0.25) is 4.57 Å². The Balaban J connectivity index is 2.42. The Kier molecular flexibility index (Phi) is 3.37. The fourth-order valence-electron chi connectivity index (χ4n) is 1.85. The highest BCUT2D eigenvalue weighted by molar-refractivity contribution is 5.90. The lowest BCUT2D eigenvalue weighted by molar-refractivity contribution is 0.0526. The maximum Gasteiger partial charge on any atom is 0.338 e. The van der Waals surface area contributed by atoms with Crippen LogP contribution in [0.25, 0.3) is 5.69 Å². The van der Waals surface area contributed by atoms with Crippen molar-refractivity contribution in [3.05, 3.63) is 47.7 Å². The van der Waals surface area contributed by atoms with Crippen molar-refractivity contribution in [1.29, 1.82) is 0 Å². The largest absolute Gasteiger partial charge is 0.494 e. The highest BCUT2D eigenvalue weighted by Gasteiger charge is 2.10. The summed E-state index contributed by atoms with van der Waals surface area (Å²) in [5.74, 6) is -0.211. The maximum atomic E-state index is 11.6. The van der Waals surface area contributed by atoms with Crippen molar-refractivity contribution in [2.75, 3.05) is 6.61 Å².